The molecule has 0 spiro atoms. The Bertz CT molecular complexity index is 836. The number of nitrogens with one attached hydrogen (secondary N) is 2. The second kappa shape index (κ2) is 8.70. The molecule has 1 heterocycles. The van der Waals surface area contributed by atoms with Crippen molar-refractivity contribution in [2.75, 3.05) is 6.54 Å². The molecule has 2 aromatic carbocycles. The number of carbonyl (C=O) groups is 1. The topological polar surface area (TPSA) is 44.9 Å². The highest BCUT2D eigenvalue weighted by Gasteiger charge is 2.16. The maximum Gasteiger partial charge on any atom is 0.220 e. The van der Waals surface area contributed by atoms with Gasteiger partial charge in [-0.25, -0.2) is 0 Å². The van der Waals surface area contributed by atoms with Crippen LogP contribution in [0.1, 0.15) is 43.7 Å². The number of hydrogen-bond acceptors (Lipinski definition) is 1. The first-order chi connectivity index (χ1) is 12.6. The van der Waals surface area contributed by atoms with Gasteiger partial charge in [-0.2, -0.15) is 0 Å². The van der Waals surface area contributed by atoms with Crippen molar-refractivity contribution in [2.24, 2.45) is 5.92 Å². The second-order valence-corrected chi connectivity index (χ2v) is 7.28. The number of benzene rings is 2. The maximum atomic E-state index is 12.3. The lowest BCUT2D eigenvalue weighted by molar-refractivity contribution is -0.121. The summed E-state index contributed by atoms with van der Waals surface area (Å²) in [7, 11) is 0. The van der Waals surface area contributed by atoms with Crippen molar-refractivity contribution in [3.63, 3.8) is 0 Å². The van der Waals surface area contributed by atoms with Crippen LogP contribution in [0.25, 0.3) is 10.9 Å². The zero-order valence-corrected chi connectivity index (χ0v) is 15.7. The van der Waals surface area contributed by atoms with E-state index in [1.54, 1.807) is 0 Å². The van der Waals surface area contributed by atoms with Crippen molar-refractivity contribution in [1.82, 2.24) is 10.3 Å². The summed E-state index contributed by atoms with van der Waals surface area (Å²) >= 11 is 0. The van der Waals surface area contributed by atoms with Gasteiger partial charge in [0.25, 0.3) is 0 Å². The summed E-state index contributed by atoms with van der Waals surface area (Å²) in [5.41, 5.74) is 3.74. The number of amides is 1. The number of aromatic amines is 1. The highest BCUT2D eigenvalue weighted by Crippen LogP contribution is 2.23. The zero-order valence-electron chi connectivity index (χ0n) is 15.7. The summed E-state index contributed by atoms with van der Waals surface area (Å²) in [6.45, 7) is 5.12. The highest BCUT2D eigenvalue weighted by atomic mass is 16.1. The second-order valence-electron chi connectivity index (χ2n) is 7.28. The van der Waals surface area contributed by atoms with Crippen LogP contribution in [0, 0.1) is 5.92 Å². The summed E-state index contributed by atoms with van der Waals surface area (Å²) in [5, 5.41) is 4.39. The van der Waals surface area contributed by atoms with E-state index in [0.717, 1.165) is 18.4 Å². The zero-order chi connectivity index (χ0) is 18.4. The molecule has 1 aromatic heterocycles. The molecule has 1 unspecified atom stereocenters. The Balaban J connectivity index is 1.48. The molecule has 3 nitrogen and oxygen atoms in total. The molecule has 0 fully saturated rings. The van der Waals surface area contributed by atoms with E-state index in [9.17, 15) is 4.79 Å². The molecule has 1 atom stereocenters. The van der Waals surface area contributed by atoms with Gasteiger partial charge >= 0.3 is 0 Å². The predicted molar refractivity (Wildman–Crippen MR) is 108 cm³/mol. The van der Waals surface area contributed by atoms with E-state index < -0.39 is 0 Å². The molecule has 3 aromatic rings. The molecule has 0 saturated heterocycles. The standard InChI is InChI=1S/C23H28N2O/c1-17(2)21(18-9-4-3-5-10-18)16-25-23(26)14-8-11-19-15-24-22-13-7-6-12-20(19)22/h3-7,9-10,12-13,15,17,21,24H,8,11,14,16H2,1-2H3,(H,25,26). The van der Waals surface area contributed by atoms with Gasteiger partial charge in [0.1, 0.15) is 0 Å². The van der Waals surface area contributed by atoms with Crippen molar-refractivity contribution in [1.29, 1.82) is 0 Å². The number of rotatable bonds is 8. The first kappa shape index (κ1) is 18.2. The molecular weight excluding hydrogens is 320 g/mol. The molecule has 3 heteroatoms. The average Bonchev–Trinajstić information content (AvgIpc) is 3.06. The van der Waals surface area contributed by atoms with E-state index in [-0.39, 0.29) is 5.91 Å². The molecule has 1 amide bonds. The van der Waals surface area contributed by atoms with E-state index in [0.29, 0.717) is 24.8 Å². The van der Waals surface area contributed by atoms with Crippen LogP contribution in [-0.2, 0) is 11.2 Å². The van der Waals surface area contributed by atoms with E-state index in [4.69, 9.17) is 0 Å². The minimum Gasteiger partial charge on any atom is -0.361 e. The lowest BCUT2D eigenvalue weighted by Crippen LogP contribution is -2.30. The largest absolute Gasteiger partial charge is 0.361 e. The smallest absolute Gasteiger partial charge is 0.220 e. The van der Waals surface area contributed by atoms with Crippen molar-refractivity contribution < 1.29 is 4.79 Å². The van der Waals surface area contributed by atoms with Gasteiger partial charge in [-0.05, 0) is 36.0 Å². The molecule has 0 saturated carbocycles. The highest BCUT2D eigenvalue weighted by molar-refractivity contribution is 5.83. The fourth-order valence-electron chi connectivity index (χ4n) is 3.53. The monoisotopic (exact) mass is 348 g/mol. The van der Waals surface area contributed by atoms with Gasteiger partial charge in [0.15, 0.2) is 0 Å². The molecule has 0 aliphatic rings. The summed E-state index contributed by atoms with van der Waals surface area (Å²) in [6, 6.07) is 18.8. The van der Waals surface area contributed by atoms with Crippen LogP contribution < -0.4 is 5.32 Å². The third-order valence-electron chi connectivity index (χ3n) is 5.08. The Kier molecular flexibility index (Phi) is 6.11. The third-order valence-corrected chi connectivity index (χ3v) is 5.08. The van der Waals surface area contributed by atoms with Crippen LogP contribution >= 0.6 is 0 Å². The van der Waals surface area contributed by atoms with Crippen LogP contribution in [0.5, 0.6) is 0 Å². The average molecular weight is 348 g/mol. The third kappa shape index (κ3) is 4.54. The van der Waals surface area contributed by atoms with Crippen molar-refractivity contribution >= 4 is 16.8 Å². The fraction of sp³-hybridized carbons (Fsp3) is 0.348. The SMILES string of the molecule is CC(C)C(CNC(=O)CCCc1c[nH]c2ccccc12)c1ccccc1. The quantitative estimate of drug-likeness (QED) is 0.588. The van der Waals surface area contributed by atoms with Crippen molar-refractivity contribution in [3.8, 4) is 0 Å². The molecule has 0 aliphatic heterocycles. The summed E-state index contributed by atoms with van der Waals surface area (Å²) in [4.78, 5) is 15.6. The van der Waals surface area contributed by atoms with Gasteiger partial charge in [0, 0.05) is 36.0 Å². The Hall–Kier alpha value is -2.55. The molecule has 3 rings (SSSR count). The van der Waals surface area contributed by atoms with Gasteiger partial charge in [0.05, 0.1) is 0 Å². The number of fused-ring (bicyclic) bond motifs is 1. The van der Waals surface area contributed by atoms with Gasteiger partial charge in [-0.1, -0.05) is 62.4 Å². The minimum atomic E-state index is 0.145. The van der Waals surface area contributed by atoms with Crippen LogP contribution in [0.3, 0.4) is 0 Å². The molecule has 0 aliphatic carbocycles. The van der Waals surface area contributed by atoms with Crippen LogP contribution in [0.4, 0.5) is 0 Å². The molecule has 26 heavy (non-hydrogen) atoms. The lowest BCUT2D eigenvalue weighted by Gasteiger charge is -2.22. The minimum absolute atomic E-state index is 0.145. The van der Waals surface area contributed by atoms with Crippen molar-refractivity contribution in [3.05, 3.63) is 71.9 Å². The molecule has 136 valence electrons. The fourth-order valence-corrected chi connectivity index (χ4v) is 3.53. The van der Waals surface area contributed by atoms with Gasteiger partial charge in [0.2, 0.25) is 5.91 Å². The van der Waals surface area contributed by atoms with E-state index in [2.05, 4.69) is 72.8 Å². The number of carbonyl (C=O) groups excluding carboxylic acids is 1. The number of aryl methyl sites for hydroxylation is 1. The van der Waals surface area contributed by atoms with E-state index in [1.165, 1.54) is 16.5 Å². The van der Waals surface area contributed by atoms with Crippen molar-refractivity contribution in [2.45, 2.75) is 39.0 Å². The number of H-pyrrole nitrogens is 1. The Morgan fingerprint density at radius 2 is 1.77 bits per heavy atom. The molecule has 2 N–H and O–H groups in total. The summed E-state index contributed by atoms with van der Waals surface area (Å²) in [6.07, 6.45) is 4.42. The Morgan fingerprint density at radius 3 is 2.54 bits per heavy atom. The molecule has 0 radical (unpaired) electrons. The van der Waals surface area contributed by atoms with Crippen LogP contribution in [0.15, 0.2) is 60.8 Å². The predicted octanol–water partition coefficient (Wildman–Crippen LogP) is 5.05. The van der Waals surface area contributed by atoms with Gasteiger partial charge in [-0.15, -0.1) is 0 Å². The van der Waals surface area contributed by atoms with Gasteiger partial charge in [-0.3, -0.25) is 4.79 Å². The van der Waals surface area contributed by atoms with Crippen LogP contribution in [0.2, 0.25) is 0 Å². The first-order valence-corrected chi connectivity index (χ1v) is 9.52. The Labute approximate surface area is 155 Å². The van der Waals surface area contributed by atoms with Gasteiger partial charge < -0.3 is 10.3 Å². The summed E-state index contributed by atoms with van der Waals surface area (Å²) < 4.78 is 0. The maximum absolute atomic E-state index is 12.3. The van der Waals surface area contributed by atoms with E-state index in [1.807, 2.05) is 12.1 Å². The molecular formula is C23H28N2O. The first-order valence-electron chi connectivity index (χ1n) is 9.52. The lowest BCUT2D eigenvalue weighted by atomic mass is 9.88. The number of para-hydroxylation sites is 1. The molecule has 0 bridgehead atoms. The summed E-state index contributed by atoms with van der Waals surface area (Å²) in [5.74, 6) is 0.990. The number of hydrogen-bond donors (Lipinski definition) is 2. The number of aromatic nitrogens is 1. The van der Waals surface area contributed by atoms with E-state index >= 15 is 0 Å². The normalized spacial score (nSPS) is 12.4. The van der Waals surface area contributed by atoms with Crippen LogP contribution in [-0.4, -0.2) is 17.4 Å². The Morgan fingerprint density at radius 1 is 1.04 bits per heavy atom.